The molecule has 0 bridgehead atoms. The number of carbonyl (C=O) groups excluding carboxylic acids is 1. The molecule has 0 aliphatic carbocycles. The number of aliphatic hydroxyl groups is 1. The Hall–Kier alpha value is -2.96. The minimum atomic E-state index is -0.695. The van der Waals surface area contributed by atoms with Gasteiger partial charge < -0.3 is 10.4 Å². The molecule has 1 saturated heterocycles. The van der Waals surface area contributed by atoms with Gasteiger partial charge in [0.15, 0.2) is 0 Å². The molecule has 0 spiro atoms. The van der Waals surface area contributed by atoms with Gasteiger partial charge in [0.2, 0.25) is 5.91 Å². The van der Waals surface area contributed by atoms with Crippen molar-refractivity contribution in [2.24, 2.45) is 0 Å². The lowest BCUT2D eigenvalue weighted by molar-refractivity contribution is -0.122. The van der Waals surface area contributed by atoms with Crippen LogP contribution in [0.5, 0.6) is 0 Å². The van der Waals surface area contributed by atoms with E-state index in [4.69, 9.17) is 5.10 Å². The molecule has 1 aromatic heterocycles. The summed E-state index contributed by atoms with van der Waals surface area (Å²) in [6, 6.07) is 20.2. The lowest BCUT2D eigenvalue weighted by atomic mass is 10.1. The summed E-state index contributed by atoms with van der Waals surface area (Å²) >= 11 is 0. The predicted molar refractivity (Wildman–Crippen MR) is 117 cm³/mol. The van der Waals surface area contributed by atoms with E-state index in [0.29, 0.717) is 32.6 Å². The molecule has 0 saturated carbocycles. The summed E-state index contributed by atoms with van der Waals surface area (Å²) in [5.74, 6) is -0.0393. The average molecular weight is 405 g/mol. The first-order valence-corrected chi connectivity index (χ1v) is 10.4. The maximum absolute atomic E-state index is 12.5. The molecule has 1 aliphatic heterocycles. The molecule has 6 nitrogen and oxygen atoms in total. The fraction of sp³-hybridized carbons (Fsp3) is 0.333. The third-order valence-corrected chi connectivity index (χ3v) is 5.45. The molecule has 156 valence electrons. The van der Waals surface area contributed by atoms with E-state index in [1.165, 1.54) is 5.56 Å². The number of benzene rings is 2. The Bertz CT molecular complexity index is 983. The van der Waals surface area contributed by atoms with Crippen molar-refractivity contribution < 1.29 is 9.90 Å². The van der Waals surface area contributed by atoms with Gasteiger partial charge in [-0.2, -0.15) is 5.10 Å². The van der Waals surface area contributed by atoms with Gasteiger partial charge in [-0.15, -0.1) is 0 Å². The van der Waals surface area contributed by atoms with Gasteiger partial charge in [0.1, 0.15) is 0 Å². The number of β-amino-alcohol motifs (C(OH)–C–C–N with tert-alkyl or cyclic N) is 1. The van der Waals surface area contributed by atoms with E-state index in [2.05, 4.69) is 17.4 Å². The van der Waals surface area contributed by atoms with Crippen LogP contribution in [-0.4, -0.2) is 50.9 Å². The summed E-state index contributed by atoms with van der Waals surface area (Å²) in [7, 11) is 0. The number of hydrogen-bond donors (Lipinski definition) is 2. The molecule has 1 unspecified atom stereocenters. The van der Waals surface area contributed by atoms with Crippen molar-refractivity contribution >= 4 is 5.91 Å². The Labute approximate surface area is 177 Å². The number of aromatic nitrogens is 2. The van der Waals surface area contributed by atoms with Gasteiger partial charge in [0, 0.05) is 37.0 Å². The molecule has 0 radical (unpaired) electrons. The highest BCUT2D eigenvalue weighted by atomic mass is 16.3. The Kier molecular flexibility index (Phi) is 5.97. The van der Waals surface area contributed by atoms with Crippen LogP contribution < -0.4 is 5.32 Å². The van der Waals surface area contributed by atoms with E-state index in [-0.39, 0.29) is 5.91 Å². The second-order valence-electron chi connectivity index (χ2n) is 8.29. The fourth-order valence-corrected chi connectivity index (χ4v) is 3.91. The van der Waals surface area contributed by atoms with Crippen molar-refractivity contribution in [1.29, 1.82) is 0 Å². The molecule has 1 atom stereocenters. The Balaban J connectivity index is 1.46. The maximum atomic E-state index is 12.5. The third-order valence-electron chi connectivity index (χ3n) is 5.45. The second kappa shape index (κ2) is 8.81. The molecule has 2 aromatic carbocycles. The average Bonchev–Trinajstić information content (AvgIpc) is 3.30. The van der Waals surface area contributed by atoms with Crippen molar-refractivity contribution in [3.63, 3.8) is 0 Å². The van der Waals surface area contributed by atoms with Crippen LogP contribution in [0.3, 0.4) is 0 Å². The summed E-state index contributed by atoms with van der Waals surface area (Å²) in [5.41, 5.74) is 3.38. The van der Waals surface area contributed by atoms with Gasteiger partial charge in [-0.25, -0.2) is 0 Å². The topological polar surface area (TPSA) is 70.4 Å². The standard InChI is InChI=1S/C24H28N4O2/c1-24(30)12-13-27(18-24)17-22(29)25-14-21-16-28(15-19-8-4-2-5-9-19)26-23(21)20-10-6-3-7-11-20/h2-11,16,30H,12-15,17-18H2,1H3,(H,25,29). The number of nitrogens with zero attached hydrogens (tertiary/aromatic N) is 3. The molecule has 1 fully saturated rings. The number of nitrogens with one attached hydrogen (secondary N) is 1. The molecular formula is C24H28N4O2. The van der Waals surface area contributed by atoms with Gasteiger partial charge in [-0.1, -0.05) is 60.7 Å². The SMILES string of the molecule is CC1(O)CCN(CC(=O)NCc2cn(Cc3ccccc3)nc2-c2ccccc2)C1. The van der Waals surface area contributed by atoms with Crippen LogP contribution in [0.4, 0.5) is 0 Å². The second-order valence-corrected chi connectivity index (χ2v) is 8.29. The lowest BCUT2D eigenvalue weighted by Gasteiger charge is -2.18. The molecular weight excluding hydrogens is 376 g/mol. The van der Waals surface area contributed by atoms with Gasteiger partial charge in [0.25, 0.3) is 0 Å². The molecule has 6 heteroatoms. The van der Waals surface area contributed by atoms with E-state index in [1.807, 2.05) is 71.2 Å². The largest absolute Gasteiger partial charge is 0.389 e. The van der Waals surface area contributed by atoms with E-state index in [9.17, 15) is 9.90 Å². The van der Waals surface area contributed by atoms with Gasteiger partial charge >= 0.3 is 0 Å². The molecule has 1 amide bonds. The van der Waals surface area contributed by atoms with Crippen LogP contribution in [0.15, 0.2) is 66.9 Å². The third kappa shape index (κ3) is 5.14. The number of carbonyl (C=O) groups is 1. The quantitative estimate of drug-likeness (QED) is 0.635. The van der Waals surface area contributed by atoms with Gasteiger partial charge in [0.05, 0.1) is 24.4 Å². The Morgan fingerprint density at radius 2 is 1.83 bits per heavy atom. The molecule has 2 N–H and O–H groups in total. The number of hydrogen-bond acceptors (Lipinski definition) is 4. The highest BCUT2D eigenvalue weighted by molar-refractivity contribution is 5.78. The summed E-state index contributed by atoms with van der Waals surface area (Å²) in [6.07, 6.45) is 2.71. The van der Waals surface area contributed by atoms with Crippen LogP contribution in [0, 0.1) is 0 Å². The fourth-order valence-electron chi connectivity index (χ4n) is 3.91. The van der Waals surface area contributed by atoms with Crippen LogP contribution in [0.2, 0.25) is 0 Å². The van der Waals surface area contributed by atoms with E-state index >= 15 is 0 Å². The van der Waals surface area contributed by atoms with E-state index in [0.717, 1.165) is 23.4 Å². The lowest BCUT2D eigenvalue weighted by Crippen LogP contribution is -2.38. The van der Waals surface area contributed by atoms with Crippen molar-refractivity contribution in [3.8, 4) is 11.3 Å². The monoisotopic (exact) mass is 404 g/mol. The Morgan fingerprint density at radius 1 is 1.13 bits per heavy atom. The molecule has 3 aromatic rings. The van der Waals surface area contributed by atoms with E-state index < -0.39 is 5.60 Å². The molecule has 30 heavy (non-hydrogen) atoms. The maximum Gasteiger partial charge on any atom is 0.234 e. The zero-order valence-electron chi connectivity index (χ0n) is 17.3. The summed E-state index contributed by atoms with van der Waals surface area (Å²) < 4.78 is 1.93. The van der Waals surface area contributed by atoms with Gasteiger partial charge in [-0.3, -0.25) is 14.4 Å². The normalized spacial score (nSPS) is 19.1. The number of likely N-dealkylation sites (tertiary alicyclic amines) is 1. The number of amides is 1. The first-order chi connectivity index (χ1) is 14.5. The number of rotatable bonds is 7. The van der Waals surface area contributed by atoms with Crippen LogP contribution in [-0.2, 0) is 17.9 Å². The van der Waals surface area contributed by atoms with E-state index in [1.54, 1.807) is 0 Å². The van der Waals surface area contributed by atoms with Gasteiger partial charge in [-0.05, 0) is 18.9 Å². The van der Waals surface area contributed by atoms with Crippen LogP contribution in [0.25, 0.3) is 11.3 Å². The minimum absolute atomic E-state index is 0.0393. The van der Waals surface area contributed by atoms with Crippen molar-refractivity contribution in [2.75, 3.05) is 19.6 Å². The highest BCUT2D eigenvalue weighted by Crippen LogP contribution is 2.23. The summed E-state index contributed by atoms with van der Waals surface area (Å²) in [4.78, 5) is 14.5. The predicted octanol–water partition coefficient (Wildman–Crippen LogP) is 2.67. The Morgan fingerprint density at radius 3 is 2.50 bits per heavy atom. The van der Waals surface area contributed by atoms with Crippen LogP contribution >= 0.6 is 0 Å². The smallest absolute Gasteiger partial charge is 0.234 e. The summed E-state index contributed by atoms with van der Waals surface area (Å²) in [6.45, 7) is 4.49. The highest BCUT2D eigenvalue weighted by Gasteiger charge is 2.32. The molecule has 1 aliphatic rings. The molecule has 4 rings (SSSR count). The first kappa shape index (κ1) is 20.3. The molecule has 2 heterocycles. The first-order valence-electron chi connectivity index (χ1n) is 10.4. The van der Waals surface area contributed by atoms with Crippen molar-refractivity contribution in [1.82, 2.24) is 20.0 Å². The zero-order valence-corrected chi connectivity index (χ0v) is 17.3. The van der Waals surface area contributed by atoms with Crippen molar-refractivity contribution in [3.05, 3.63) is 78.0 Å². The minimum Gasteiger partial charge on any atom is -0.389 e. The zero-order chi connectivity index (χ0) is 21.0. The van der Waals surface area contributed by atoms with Crippen molar-refractivity contribution in [2.45, 2.75) is 32.0 Å². The van der Waals surface area contributed by atoms with Crippen LogP contribution in [0.1, 0.15) is 24.5 Å². The summed E-state index contributed by atoms with van der Waals surface area (Å²) in [5, 5.41) is 17.9.